The first-order valence-electron chi connectivity index (χ1n) is 13.2. The topological polar surface area (TPSA) is 78.4 Å². The number of rotatable bonds is 6. The predicted octanol–water partition coefficient (Wildman–Crippen LogP) is 6.61. The normalized spacial score (nSPS) is 17.1. The Hall–Kier alpha value is -3.94. The molecule has 2 amide bonds. The molecule has 0 saturated carbocycles. The second-order valence-electron chi connectivity index (χ2n) is 10.5. The van der Waals surface area contributed by atoms with Crippen molar-refractivity contribution in [1.29, 1.82) is 0 Å². The zero-order valence-electron chi connectivity index (χ0n) is 23.8. The lowest BCUT2D eigenvalue weighted by Crippen LogP contribution is -2.46. The zero-order chi connectivity index (χ0) is 31.7. The van der Waals surface area contributed by atoms with Crippen LogP contribution in [0.25, 0.3) is 0 Å². The van der Waals surface area contributed by atoms with Crippen molar-refractivity contribution >= 4 is 35.9 Å². The summed E-state index contributed by atoms with van der Waals surface area (Å²) in [7, 11) is 1.32. The first-order valence-corrected chi connectivity index (χ1v) is 13.2. The Morgan fingerprint density at radius 1 is 0.977 bits per heavy atom. The van der Waals surface area contributed by atoms with Gasteiger partial charge in [0, 0.05) is 45.4 Å². The van der Waals surface area contributed by atoms with Gasteiger partial charge in [-0.1, -0.05) is 6.07 Å². The van der Waals surface area contributed by atoms with Crippen LogP contribution in [-0.4, -0.2) is 47.0 Å². The van der Waals surface area contributed by atoms with E-state index in [1.165, 1.54) is 26.1 Å². The summed E-state index contributed by atoms with van der Waals surface area (Å²) >= 11 is 0. The van der Waals surface area contributed by atoms with E-state index in [1.54, 1.807) is 25.1 Å². The number of carbonyl (C=O) groups excluding carboxylic acids is 2. The van der Waals surface area contributed by atoms with Gasteiger partial charge in [0.2, 0.25) is 11.8 Å². The number of hydrogen-bond donors (Lipinski definition) is 1. The summed E-state index contributed by atoms with van der Waals surface area (Å²) in [5, 5.41) is 10.7. The number of alkyl halides is 6. The van der Waals surface area contributed by atoms with Crippen LogP contribution in [0.5, 0.6) is 0 Å². The molecule has 4 rings (SSSR count). The van der Waals surface area contributed by atoms with Crippen LogP contribution >= 0.6 is 12.4 Å². The lowest BCUT2D eigenvalue weighted by Gasteiger charge is -2.40. The van der Waals surface area contributed by atoms with Gasteiger partial charge < -0.3 is 15.1 Å². The number of carbonyl (C=O) groups is 2. The molecule has 1 aromatic heterocycles. The Morgan fingerprint density at radius 2 is 1.61 bits per heavy atom. The molecule has 44 heavy (non-hydrogen) atoms. The van der Waals surface area contributed by atoms with E-state index in [2.05, 4.69) is 15.5 Å². The molecule has 2 atom stereocenters. The summed E-state index contributed by atoms with van der Waals surface area (Å²) in [5.41, 5.74) is -2.00. The monoisotopic (exact) mass is 647 g/mol. The SMILES string of the molecule is CC(=O)Nc1ccc(N2CCC(C(=O)N(C)Cc3cc(C(F)(F)F)cc(C(F)(F)F)c3)C(c3ccc(F)cc3C)C2)nn1.Cl. The third-order valence-electron chi connectivity index (χ3n) is 7.28. The highest BCUT2D eigenvalue weighted by Crippen LogP contribution is 2.39. The first kappa shape index (κ1) is 34.5. The Bertz CT molecular complexity index is 1470. The third kappa shape index (κ3) is 8.16. The lowest BCUT2D eigenvalue weighted by molar-refractivity contribution is -0.143. The zero-order valence-corrected chi connectivity index (χ0v) is 24.6. The minimum Gasteiger partial charge on any atom is -0.354 e. The van der Waals surface area contributed by atoms with E-state index in [1.807, 2.05) is 4.90 Å². The van der Waals surface area contributed by atoms with Crippen molar-refractivity contribution < 1.29 is 40.3 Å². The molecular formula is C29H29ClF7N5O2. The fourth-order valence-corrected chi connectivity index (χ4v) is 5.31. The van der Waals surface area contributed by atoms with E-state index in [-0.39, 0.29) is 48.7 Å². The van der Waals surface area contributed by atoms with Crippen molar-refractivity contribution in [1.82, 2.24) is 15.1 Å². The number of halogens is 8. The second-order valence-corrected chi connectivity index (χ2v) is 10.5. The maximum Gasteiger partial charge on any atom is 0.416 e. The van der Waals surface area contributed by atoms with E-state index < -0.39 is 53.6 Å². The molecule has 0 aliphatic carbocycles. The number of piperidine rings is 1. The van der Waals surface area contributed by atoms with Gasteiger partial charge in [0.25, 0.3) is 0 Å². The van der Waals surface area contributed by atoms with Crippen LogP contribution in [0, 0.1) is 18.7 Å². The summed E-state index contributed by atoms with van der Waals surface area (Å²) in [6.45, 7) is 3.10. The van der Waals surface area contributed by atoms with Gasteiger partial charge in [-0.2, -0.15) is 26.3 Å². The van der Waals surface area contributed by atoms with Gasteiger partial charge in [-0.3, -0.25) is 9.59 Å². The molecule has 0 spiro atoms. The molecule has 7 nitrogen and oxygen atoms in total. The predicted molar refractivity (Wildman–Crippen MR) is 151 cm³/mol. The fraction of sp³-hybridized carbons (Fsp3) is 0.379. The van der Waals surface area contributed by atoms with Gasteiger partial charge in [-0.05, 0) is 72.5 Å². The van der Waals surface area contributed by atoms with Crippen LogP contribution in [0.15, 0.2) is 48.5 Å². The van der Waals surface area contributed by atoms with E-state index in [9.17, 15) is 40.3 Å². The Labute approximate surface area is 254 Å². The Kier molecular flexibility index (Phi) is 10.5. The Morgan fingerprint density at radius 3 is 2.14 bits per heavy atom. The average Bonchev–Trinajstić information content (AvgIpc) is 2.91. The number of benzene rings is 2. The van der Waals surface area contributed by atoms with Crippen LogP contribution in [0.4, 0.5) is 42.4 Å². The van der Waals surface area contributed by atoms with Crippen LogP contribution in [-0.2, 0) is 28.5 Å². The van der Waals surface area contributed by atoms with E-state index >= 15 is 0 Å². The molecule has 238 valence electrons. The smallest absolute Gasteiger partial charge is 0.354 e. The van der Waals surface area contributed by atoms with E-state index in [4.69, 9.17) is 0 Å². The largest absolute Gasteiger partial charge is 0.416 e. The van der Waals surface area contributed by atoms with Crippen LogP contribution in [0.3, 0.4) is 0 Å². The van der Waals surface area contributed by atoms with Crippen molar-refractivity contribution in [3.63, 3.8) is 0 Å². The van der Waals surface area contributed by atoms with Crippen molar-refractivity contribution in [3.05, 3.63) is 82.2 Å². The van der Waals surface area contributed by atoms with Crippen LogP contribution < -0.4 is 10.2 Å². The molecule has 1 fully saturated rings. The standard InChI is InChI=1S/C29H28F7N5O2.ClH/c1-16-10-21(30)4-5-22(16)24-15-41(26-7-6-25(38-39-26)37-17(2)42)9-8-23(24)27(43)40(3)14-18-11-19(28(31,32)33)13-20(12-18)29(34,35)36;/h4-7,10-13,23-24H,8-9,14-15H2,1-3H3,(H,37,38,42);1H. The molecule has 2 aromatic carbocycles. The summed E-state index contributed by atoms with van der Waals surface area (Å²) in [4.78, 5) is 28.0. The highest BCUT2D eigenvalue weighted by atomic mass is 35.5. The molecule has 0 bridgehead atoms. The lowest BCUT2D eigenvalue weighted by atomic mass is 9.78. The molecule has 1 saturated heterocycles. The summed E-state index contributed by atoms with van der Waals surface area (Å²) in [6, 6.07) is 8.61. The number of hydrogen-bond acceptors (Lipinski definition) is 5. The average molecular weight is 648 g/mol. The Balaban J connectivity index is 0.00000529. The van der Waals surface area contributed by atoms with Gasteiger partial charge >= 0.3 is 12.4 Å². The van der Waals surface area contributed by atoms with Crippen LogP contribution in [0.2, 0.25) is 0 Å². The van der Waals surface area contributed by atoms with Gasteiger partial charge in [0.05, 0.1) is 11.1 Å². The quantitative estimate of drug-likeness (QED) is 0.305. The molecule has 1 aliphatic heterocycles. The van der Waals surface area contributed by atoms with Crippen molar-refractivity contribution in [3.8, 4) is 0 Å². The molecule has 15 heteroatoms. The molecule has 3 aromatic rings. The number of anilines is 2. The minimum atomic E-state index is -5.01. The molecule has 1 N–H and O–H groups in total. The number of nitrogens with one attached hydrogen (secondary N) is 1. The summed E-state index contributed by atoms with van der Waals surface area (Å²) in [6.07, 6.45) is -9.77. The van der Waals surface area contributed by atoms with Gasteiger partial charge in [0.1, 0.15) is 5.82 Å². The molecule has 2 unspecified atom stereocenters. The van der Waals surface area contributed by atoms with Gasteiger partial charge in [-0.25, -0.2) is 4.39 Å². The fourth-order valence-electron chi connectivity index (χ4n) is 5.31. The van der Waals surface area contributed by atoms with Crippen LogP contribution in [0.1, 0.15) is 47.1 Å². The highest BCUT2D eigenvalue weighted by molar-refractivity contribution is 5.87. The van der Waals surface area contributed by atoms with E-state index in [0.717, 1.165) is 4.90 Å². The molecule has 0 radical (unpaired) electrons. The molecule has 1 aliphatic rings. The highest BCUT2D eigenvalue weighted by Gasteiger charge is 2.39. The first-order chi connectivity index (χ1) is 20.0. The van der Waals surface area contributed by atoms with Gasteiger partial charge in [-0.15, -0.1) is 22.6 Å². The summed E-state index contributed by atoms with van der Waals surface area (Å²) < 4.78 is 94.2. The van der Waals surface area contributed by atoms with Crippen molar-refractivity contribution in [2.75, 3.05) is 30.4 Å². The third-order valence-corrected chi connectivity index (χ3v) is 7.28. The van der Waals surface area contributed by atoms with E-state index in [0.29, 0.717) is 35.6 Å². The summed E-state index contributed by atoms with van der Waals surface area (Å²) in [5.74, 6) is -1.81. The van der Waals surface area contributed by atoms with Crippen molar-refractivity contribution in [2.24, 2.45) is 5.92 Å². The molecule has 2 heterocycles. The van der Waals surface area contributed by atoms with Crippen molar-refractivity contribution in [2.45, 2.75) is 45.1 Å². The number of aryl methyl sites for hydroxylation is 1. The molecular weight excluding hydrogens is 619 g/mol. The number of amides is 2. The maximum atomic E-state index is 13.9. The second kappa shape index (κ2) is 13.4. The number of nitrogens with zero attached hydrogens (tertiary/aromatic N) is 4. The van der Waals surface area contributed by atoms with Gasteiger partial charge in [0.15, 0.2) is 11.6 Å². The maximum absolute atomic E-state index is 13.9. The number of aromatic nitrogens is 2. The minimum absolute atomic E-state index is 0.